The number of para-hydroxylation sites is 2. The Morgan fingerprint density at radius 3 is 2.17 bits per heavy atom. The summed E-state index contributed by atoms with van der Waals surface area (Å²) in [4.78, 5) is 29.5. The summed E-state index contributed by atoms with van der Waals surface area (Å²) in [5.41, 5.74) is 3.64. The predicted molar refractivity (Wildman–Crippen MR) is 114 cm³/mol. The fraction of sp³-hybridized carbons (Fsp3) is 0.174. The number of ether oxygens (including phenoxy) is 1. The number of pyridine rings is 1. The summed E-state index contributed by atoms with van der Waals surface area (Å²) < 4.78 is 5.52. The van der Waals surface area contributed by atoms with Crippen molar-refractivity contribution in [2.24, 2.45) is 0 Å². The van der Waals surface area contributed by atoms with Crippen molar-refractivity contribution >= 4 is 23.2 Å². The highest BCUT2D eigenvalue weighted by Crippen LogP contribution is 2.24. The molecule has 29 heavy (non-hydrogen) atoms. The summed E-state index contributed by atoms with van der Waals surface area (Å²) in [6, 6.07) is 17.7. The lowest BCUT2D eigenvalue weighted by atomic mass is 10.1. The zero-order chi connectivity index (χ0) is 20.8. The van der Waals surface area contributed by atoms with Crippen LogP contribution in [0.2, 0.25) is 0 Å². The molecule has 0 atom stereocenters. The Morgan fingerprint density at radius 2 is 1.52 bits per heavy atom. The fourth-order valence-electron chi connectivity index (χ4n) is 2.87. The van der Waals surface area contributed by atoms with Crippen LogP contribution in [0, 0.1) is 13.8 Å². The van der Waals surface area contributed by atoms with E-state index >= 15 is 0 Å². The quantitative estimate of drug-likeness (QED) is 0.646. The van der Waals surface area contributed by atoms with E-state index in [4.69, 9.17) is 4.74 Å². The lowest BCUT2D eigenvalue weighted by molar-refractivity contribution is 0.101. The van der Waals surface area contributed by atoms with Gasteiger partial charge >= 0.3 is 0 Å². The summed E-state index contributed by atoms with van der Waals surface area (Å²) in [6.07, 6.45) is 0. The molecule has 2 N–H and O–H groups in total. The average molecular weight is 389 g/mol. The van der Waals surface area contributed by atoms with E-state index in [9.17, 15) is 9.59 Å². The molecule has 148 valence electrons. The van der Waals surface area contributed by atoms with E-state index < -0.39 is 5.91 Å². The zero-order valence-corrected chi connectivity index (χ0v) is 16.7. The summed E-state index contributed by atoms with van der Waals surface area (Å²) in [5, 5.41) is 5.63. The summed E-state index contributed by atoms with van der Waals surface area (Å²) in [7, 11) is 0. The summed E-state index contributed by atoms with van der Waals surface area (Å²) in [6.45, 7) is 6.28. The largest absolute Gasteiger partial charge is 0.492 e. The highest BCUT2D eigenvalue weighted by Gasteiger charge is 2.15. The maximum Gasteiger partial charge on any atom is 0.274 e. The lowest BCUT2D eigenvalue weighted by Gasteiger charge is -2.12. The zero-order valence-electron chi connectivity index (χ0n) is 16.7. The standard InChI is InChI=1S/C23H23N3O3/c1-4-29-21-11-6-5-8-18(21)26-23(28)20-10-7-9-19(24-20)22(27)25-17-13-12-15(2)14-16(17)3/h5-14H,4H2,1-3H3,(H,25,27)(H,26,28). The molecule has 2 amide bonds. The van der Waals surface area contributed by atoms with Gasteiger partial charge in [-0.15, -0.1) is 0 Å². The molecule has 0 fully saturated rings. The smallest absolute Gasteiger partial charge is 0.274 e. The van der Waals surface area contributed by atoms with Gasteiger partial charge in [-0.1, -0.05) is 35.9 Å². The Hall–Kier alpha value is -3.67. The third-order valence-electron chi connectivity index (χ3n) is 4.28. The van der Waals surface area contributed by atoms with Crippen molar-refractivity contribution in [1.82, 2.24) is 4.98 Å². The monoisotopic (exact) mass is 389 g/mol. The lowest BCUT2D eigenvalue weighted by Crippen LogP contribution is -2.19. The molecule has 0 aliphatic heterocycles. The van der Waals surface area contributed by atoms with Gasteiger partial charge < -0.3 is 15.4 Å². The van der Waals surface area contributed by atoms with Crippen LogP contribution in [0.1, 0.15) is 39.0 Å². The van der Waals surface area contributed by atoms with Gasteiger partial charge in [0.15, 0.2) is 0 Å². The van der Waals surface area contributed by atoms with Gasteiger partial charge in [-0.3, -0.25) is 9.59 Å². The molecule has 6 nitrogen and oxygen atoms in total. The maximum absolute atomic E-state index is 12.6. The third-order valence-corrected chi connectivity index (χ3v) is 4.28. The number of aryl methyl sites for hydroxylation is 2. The molecule has 0 saturated carbocycles. The van der Waals surface area contributed by atoms with Crippen molar-refractivity contribution in [2.75, 3.05) is 17.2 Å². The molecule has 6 heteroatoms. The molecule has 0 spiro atoms. The topological polar surface area (TPSA) is 80.3 Å². The van der Waals surface area contributed by atoms with E-state index in [1.807, 2.05) is 45.0 Å². The average Bonchev–Trinajstić information content (AvgIpc) is 2.71. The van der Waals surface area contributed by atoms with E-state index in [0.717, 1.165) is 11.1 Å². The van der Waals surface area contributed by atoms with Gasteiger partial charge in [0.2, 0.25) is 0 Å². The van der Waals surface area contributed by atoms with Crippen molar-refractivity contribution in [2.45, 2.75) is 20.8 Å². The summed E-state index contributed by atoms with van der Waals surface area (Å²) in [5.74, 6) is -0.216. The minimum atomic E-state index is -0.418. The van der Waals surface area contributed by atoms with Crippen LogP contribution in [0.25, 0.3) is 0 Å². The maximum atomic E-state index is 12.6. The van der Waals surface area contributed by atoms with E-state index in [1.165, 1.54) is 0 Å². The number of nitrogens with one attached hydrogen (secondary N) is 2. The van der Waals surface area contributed by atoms with Crippen LogP contribution < -0.4 is 15.4 Å². The normalized spacial score (nSPS) is 10.3. The number of amides is 2. The first-order valence-corrected chi connectivity index (χ1v) is 9.36. The molecule has 3 aromatic rings. The SMILES string of the molecule is CCOc1ccccc1NC(=O)c1cccc(C(=O)Nc2ccc(C)cc2C)n1. The minimum Gasteiger partial charge on any atom is -0.492 e. The Labute approximate surface area is 169 Å². The number of nitrogens with zero attached hydrogens (tertiary/aromatic N) is 1. The number of hydrogen-bond donors (Lipinski definition) is 2. The van der Waals surface area contributed by atoms with Crippen molar-refractivity contribution in [3.63, 3.8) is 0 Å². The van der Waals surface area contributed by atoms with Gasteiger partial charge in [0.05, 0.1) is 12.3 Å². The van der Waals surface area contributed by atoms with Gasteiger partial charge in [-0.2, -0.15) is 0 Å². The second-order valence-electron chi connectivity index (χ2n) is 6.56. The highest BCUT2D eigenvalue weighted by atomic mass is 16.5. The Balaban J connectivity index is 1.76. The molecule has 0 aliphatic carbocycles. The van der Waals surface area contributed by atoms with Gasteiger partial charge in [-0.25, -0.2) is 4.98 Å². The van der Waals surface area contributed by atoms with Crippen LogP contribution in [0.4, 0.5) is 11.4 Å². The molecule has 0 unspecified atom stereocenters. The van der Waals surface area contributed by atoms with Crippen molar-refractivity contribution < 1.29 is 14.3 Å². The van der Waals surface area contributed by atoms with Crippen LogP contribution >= 0.6 is 0 Å². The third kappa shape index (κ3) is 4.99. The van der Waals surface area contributed by atoms with E-state index in [2.05, 4.69) is 15.6 Å². The number of carbonyl (C=O) groups excluding carboxylic acids is 2. The van der Waals surface area contributed by atoms with E-state index in [0.29, 0.717) is 23.7 Å². The minimum absolute atomic E-state index is 0.143. The van der Waals surface area contributed by atoms with Crippen molar-refractivity contribution in [3.05, 3.63) is 83.2 Å². The van der Waals surface area contributed by atoms with Crippen LogP contribution in [0.15, 0.2) is 60.7 Å². The van der Waals surface area contributed by atoms with Gasteiger partial charge in [0, 0.05) is 5.69 Å². The van der Waals surface area contributed by atoms with E-state index in [-0.39, 0.29) is 17.3 Å². The number of carbonyl (C=O) groups is 2. The Morgan fingerprint density at radius 1 is 0.862 bits per heavy atom. The van der Waals surface area contributed by atoms with Crippen LogP contribution in [-0.2, 0) is 0 Å². The number of aromatic nitrogens is 1. The van der Waals surface area contributed by atoms with Crippen molar-refractivity contribution in [1.29, 1.82) is 0 Å². The second kappa shape index (κ2) is 9.01. The second-order valence-corrected chi connectivity index (χ2v) is 6.56. The molecule has 1 heterocycles. The highest BCUT2D eigenvalue weighted by molar-refractivity contribution is 6.06. The molecular formula is C23H23N3O3. The molecule has 0 aliphatic rings. The van der Waals surface area contributed by atoms with E-state index in [1.54, 1.807) is 36.4 Å². The molecule has 3 rings (SSSR count). The van der Waals surface area contributed by atoms with Crippen molar-refractivity contribution in [3.8, 4) is 5.75 Å². The Kier molecular flexibility index (Phi) is 6.24. The number of benzene rings is 2. The molecule has 0 radical (unpaired) electrons. The number of anilines is 2. The molecule has 1 aromatic heterocycles. The number of rotatable bonds is 6. The first-order valence-electron chi connectivity index (χ1n) is 9.36. The van der Waals surface area contributed by atoms with Gasteiger partial charge in [-0.05, 0) is 56.7 Å². The van der Waals surface area contributed by atoms with Gasteiger partial charge in [0.1, 0.15) is 17.1 Å². The molecule has 0 bridgehead atoms. The number of hydrogen-bond acceptors (Lipinski definition) is 4. The first-order chi connectivity index (χ1) is 14.0. The predicted octanol–water partition coefficient (Wildman–Crippen LogP) is 4.60. The molecule has 2 aromatic carbocycles. The van der Waals surface area contributed by atoms with Crippen LogP contribution in [-0.4, -0.2) is 23.4 Å². The first kappa shape index (κ1) is 20.1. The molecule has 0 saturated heterocycles. The molecular weight excluding hydrogens is 366 g/mol. The van der Waals surface area contributed by atoms with Crippen LogP contribution in [0.3, 0.4) is 0 Å². The Bertz CT molecular complexity index is 1050. The summed E-state index contributed by atoms with van der Waals surface area (Å²) >= 11 is 0. The fourth-order valence-corrected chi connectivity index (χ4v) is 2.87. The van der Waals surface area contributed by atoms with Gasteiger partial charge in [0.25, 0.3) is 11.8 Å². The van der Waals surface area contributed by atoms with Crippen LogP contribution in [0.5, 0.6) is 5.75 Å².